The molecule has 0 spiro atoms. The Morgan fingerprint density at radius 1 is 0.607 bits per heavy atom. The van der Waals surface area contributed by atoms with Crippen molar-refractivity contribution in [3.63, 3.8) is 0 Å². The zero-order valence-corrected chi connectivity index (χ0v) is 16.4. The van der Waals surface area contributed by atoms with Gasteiger partial charge in [0.25, 0.3) is 0 Å². The number of aromatic hydroxyl groups is 1. The molecule has 2 heteroatoms. The Hall–Kier alpha value is -2.97. The van der Waals surface area contributed by atoms with E-state index in [0.717, 1.165) is 0 Å². The topological polar surface area (TPSA) is 20.2 Å². The maximum atomic E-state index is 9.91. The van der Waals surface area contributed by atoms with E-state index in [1.807, 2.05) is 0 Å². The first-order chi connectivity index (χ1) is 13.7. The summed E-state index contributed by atoms with van der Waals surface area (Å²) in [5, 5.41) is 9.91. The number of phenols is 1. The van der Waals surface area contributed by atoms with Crippen molar-refractivity contribution >= 4 is 11.8 Å². The highest BCUT2D eigenvalue weighted by atomic mass is 32.2. The quantitative estimate of drug-likeness (QED) is 0.362. The lowest BCUT2D eigenvalue weighted by atomic mass is 9.68. The Labute approximate surface area is 169 Å². The number of phenolic OH excluding ortho intramolecular Hbond substituents is 1. The largest absolute Gasteiger partial charge is 0.508 e. The molecule has 0 heterocycles. The maximum Gasteiger partial charge on any atom is 0.115 e. The van der Waals surface area contributed by atoms with Crippen molar-refractivity contribution in [2.45, 2.75) is 10.3 Å². The number of rotatable bonds is 3. The van der Waals surface area contributed by atoms with Gasteiger partial charge in [-0.05, 0) is 63.9 Å². The average molecular weight is 381 g/mol. The first-order valence-corrected chi connectivity index (χ1v) is 10.6. The molecule has 1 aliphatic carbocycles. The molecule has 136 valence electrons. The van der Waals surface area contributed by atoms with Gasteiger partial charge in [-0.1, -0.05) is 72.8 Å². The predicted molar refractivity (Wildman–Crippen MR) is 117 cm³/mol. The molecule has 1 N–H and O–H groups in total. The van der Waals surface area contributed by atoms with E-state index in [0.29, 0.717) is 0 Å². The predicted octanol–water partition coefficient (Wildman–Crippen LogP) is 6.48. The van der Waals surface area contributed by atoms with Gasteiger partial charge in [0.15, 0.2) is 0 Å². The van der Waals surface area contributed by atoms with Crippen LogP contribution in [-0.4, -0.2) is 11.4 Å². The van der Waals surface area contributed by atoms with Crippen LogP contribution in [0.2, 0.25) is 0 Å². The first-order valence-electron chi connectivity index (χ1n) is 9.38. The normalized spacial score (nSPS) is 13.8. The van der Waals surface area contributed by atoms with Gasteiger partial charge in [0.1, 0.15) is 5.75 Å². The van der Waals surface area contributed by atoms with Crippen LogP contribution in [-0.2, 0) is 5.41 Å². The van der Waals surface area contributed by atoms with Crippen molar-refractivity contribution in [2.75, 3.05) is 6.26 Å². The van der Waals surface area contributed by atoms with Gasteiger partial charge in [0.05, 0.1) is 5.41 Å². The molecular formula is C26H20OS. The standard InChI is InChI=1S/C26H20OS/c1-28-21-16-12-19(13-17-21)26(18-10-14-20(27)15-11-18)24-8-4-2-6-22(24)23-7-3-5-9-25(23)26/h2-17,27H,1H3. The van der Waals surface area contributed by atoms with Crippen LogP contribution in [0.3, 0.4) is 0 Å². The molecule has 0 fully saturated rings. The zero-order chi connectivity index (χ0) is 19.1. The van der Waals surface area contributed by atoms with E-state index >= 15 is 0 Å². The molecule has 4 aromatic rings. The molecule has 4 aromatic carbocycles. The third-order valence-electron chi connectivity index (χ3n) is 5.78. The van der Waals surface area contributed by atoms with Crippen molar-refractivity contribution in [3.05, 3.63) is 119 Å². The van der Waals surface area contributed by atoms with Crippen molar-refractivity contribution in [1.82, 2.24) is 0 Å². The Balaban J connectivity index is 1.91. The van der Waals surface area contributed by atoms with Crippen LogP contribution in [0, 0.1) is 0 Å². The summed E-state index contributed by atoms with van der Waals surface area (Å²) in [4.78, 5) is 1.25. The third-order valence-corrected chi connectivity index (χ3v) is 6.52. The van der Waals surface area contributed by atoms with Gasteiger partial charge < -0.3 is 5.11 Å². The molecule has 0 aliphatic heterocycles. The first kappa shape index (κ1) is 17.2. The van der Waals surface area contributed by atoms with Gasteiger partial charge in [-0.3, -0.25) is 0 Å². The second-order valence-corrected chi connectivity index (χ2v) is 8.00. The molecule has 0 bridgehead atoms. The van der Waals surface area contributed by atoms with E-state index in [2.05, 4.69) is 91.2 Å². The van der Waals surface area contributed by atoms with Crippen LogP contribution >= 0.6 is 11.8 Å². The fourth-order valence-corrected chi connectivity index (χ4v) is 4.98. The molecule has 0 aromatic heterocycles. The van der Waals surface area contributed by atoms with E-state index in [1.165, 1.54) is 38.3 Å². The van der Waals surface area contributed by atoms with Crippen molar-refractivity contribution in [2.24, 2.45) is 0 Å². The molecule has 1 nitrogen and oxygen atoms in total. The molecule has 0 atom stereocenters. The molecule has 0 saturated carbocycles. The molecular weight excluding hydrogens is 360 g/mol. The van der Waals surface area contributed by atoms with Crippen LogP contribution in [0.5, 0.6) is 5.75 Å². The number of benzene rings is 4. The molecule has 5 rings (SSSR count). The minimum Gasteiger partial charge on any atom is -0.508 e. The summed E-state index contributed by atoms with van der Waals surface area (Å²) in [6.07, 6.45) is 2.10. The lowest BCUT2D eigenvalue weighted by Crippen LogP contribution is -2.28. The molecule has 1 aliphatic rings. The summed E-state index contributed by atoms with van der Waals surface area (Å²) >= 11 is 1.75. The van der Waals surface area contributed by atoms with E-state index in [1.54, 1.807) is 23.9 Å². The molecule has 0 radical (unpaired) electrons. The SMILES string of the molecule is CSc1ccc(C2(c3ccc(O)cc3)c3ccccc3-c3ccccc32)cc1. The minimum absolute atomic E-state index is 0.288. The molecule has 28 heavy (non-hydrogen) atoms. The highest BCUT2D eigenvalue weighted by molar-refractivity contribution is 7.98. The smallest absolute Gasteiger partial charge is 0.115 e. The lowest BCUT2D eigenvalue weighted by molar-refractivity contribution is 0.475. The Bertz CT molecular complexity index is 1100. The summed E-state index contributed by atoms with van der Waals surface area (Å²) in [7, 11) is 0. The third kappa shape index (κ3) is 2.35. The van der Waals surface area contributed by atoms with E-state index in [4.69, 9.17) is 0 Å². The van der Waals surface area contributed by atoms with Crippen molar-refractivity contribution < 1.29 is 5.11 Å². The fraction of sp³-hybridized carbons (Fsp3) is 0.0769. The Kier molecular flexibility index (Phi) is 4.03. The van der Waals surface area contributed by atoms with Gasteiger partial charge in [0, 0.05) is 4.90 Å². The van der Waals surface area contributed by atoms with Crippen molar-refractivity contribution in [3.8, 4) is 16.9 Å². The molecule has 0 unspecified atom stereocenters. The number of hydrogen-bond donors (Lipinski definition) is 1. The highest BCUT2D eigenvalue weighted by Gasteiger charge is 2.45. The Morgan fingerprint density at radius 3 is 1.57 bits per heavy atom. The van der Waals surface area contributed by atoms with E-state index in [9.17, 15) is 5.11 Å². The van der Waals surface area contributed by atoms with Crippen LogP contribution < -0.4 is 0 Å². The van der Waals surface area contributed by atoms with Gasteiger partial charge in [-0.2, -0.15) is 0 Å². The van der Waals surface area contributed by atoms with Crippen LogP contribution in [0.15, 0.2) is 102 Å². The summed E-state index contributed by atoms with van der Waals surface area (Å²) < 4.78 is 0. The summed E-state index contributed by atoms with van der Waals surface area (Å²) in [6.45, 7) is 0. The summed E-state index contributed by atoms with van der Waals surface area (Å²) in [6, 6.07) is 34.0. The zero-order valence-electron chi connectivity index (χ0n) is 15.6. The highest BCUT2D eigenvalue weighted by Crippen LogP contribution is 2.56. The molecule has 0 amide bonds. The van der Waals surface area contributed by atoms with E-state index < -0.39 is 5.41 Å². The average Bonchev–Trinajstić information content (AvgIpc) is 3.06. The van der Waals surface area contributed by atoms with Crippen LogP contribution in [0.4, 0.5) is 0 Å². The minimum atomic E-state index is -0.391. The van der Waals surface area contributed by atoms with Crippen LogP contribution in [0.1, 0.15) is 22.3 Å². The van der Waals surface area contributed by atoms with Crippen LogP contribution in [0.25, 0.3) is 11.1 Å². The van der Waals surface area contributed by atoms with Gasteiger partial charge in [-0.15, -0.1) is 11.8 Å². The van der Waals surface area contributed by atoms with E-state index in [-0.39, 0.29) is 5.75 Å². The number of fused-ring (bicyclic) bond motifs is 3. The number of thioether (sulfide) groups is 1. The summed E-state index contributed by atoms with van der Waals surface area (Å²) in [5.74, 6) is 0.288. The Morgan fingerprint density at radius 2 is 1.07 bits per heavy atom. The van der Waals surface area contributed by atoms with Crippen molar-refractivity contribution in [1.29, 1.82) is 0 Å². The molecule has 0 saturated heterocycles. The monoisotopic (exact) mass is 380 g/mol. The fourth-order valence-electron chi connectivity index (χ4n) is 4.58. The lowest BCUT2D eigenvalue weighted by Gasteiger charge is -2.34. The second-order valence-electron chi connectivity index (χ2n) is 7.12. The van der Waals surface area contributed by atoms with Gasteiger partial charge in [0.2, 0.25) is 0 Å². The van der Waals surface area contributed by atoms with Gasteiger partial charge >= 0.3 is 0 Å². The summed E-state index contributed by atoms with van der Waals surface area (Å²) in [5.41, 5.74) is 7.16. The maximum absolute atomic E-state index is 9.91. The second kappa shape index (κ2) is 6.57. The number of hydrogen-bond acceptors (Lipinski definition) is 2. The van der Waals surface area contributed by atoms with Gasteiger partial charge in [-0.25, -0.2) is 0 Å².